The third-order valence-corrected chi connectivity index (χ3v) is 8.04. The molecule has 0 radical (unpaired) electrons. The van der Waals surface area contributed by atoms with Gasteiger partial charge in [0.05, 0.1) is 21.5 Å². The number of hydrogen-bond donors (Lipinski definition) is 1. The average molecular weight is 499 g/mol. The Hall–Kier alpha value is -1.80. The highest BCUT2D eigenvalue weighted by molar-refractivity contribution is 7.89. The molecule has 1 atom stereocenters. The quantitative estimate of drug-likeness (QED) is 0.564. The van der Waals surface area contributed by atoms with Gasteiger partial charge in [-0.1, -0.05) is 56.1 Å². The molecular weight excluding hydrogens is 471 g/mol. The van der Waals surface area contributed by atoms with Crippen molar-refractivity contribution in [2.24, 2.45) is 0 Å². The molecule has 0 bridgehead atoms. The third-order valence-electron chi connectivity index (χ3n) is 5.39. The summed E-state index contributed by atoms with van der Waals surface area (Å²) in [5.74, 6) is 0.384. The van der Waals surface area contributed by atoms with E-state index in [9.17, 15) is 13.2 Å². The first kappa shape index (κ1) is 24.8. The molecule has 0 unspecified atom stereocenters. The first-order chi connectivity index (χ1) is 15.0. The Labute approximate surface area is 199 Å². The normalized spacial score (nSPS) is 17.3. The first-order valence-electron chi connectivity index (χ1n) is 10.5. The van der Waals surface area contributed by atoms with Crippen LogP contribution in [0.25, 0.3) is 0 Å². The summed E-state index contributed by atoms with van der Waals surface area (Å²) in [7, 11) is -3.86. The van der Waals surface area contributed by atoms with E-state index in [-0.39, 0.29) is 46.0 Å². The topological polar surface area (TPSA) is 75.7 Å². The fourth-order valence-electron chi connectivity index (χ4n) is 3.57. The number of nitrogens with one attached hydrogen (secondary N) is 1. The van der Waals surface area contributed by atoms with Gasteiger partial charge in [-0.3, -0.25) is 4.79 Å². The van der Waals surface area contributed by atoms with Crippen molar-refractivity contribution in [2.75, 3.05) is 19.7 Å². The molecule has 6 nitrogen and oxygen atoms in total. The van der Waals surface area contributed by atoms with Crippen molar-refractivity contribution in [3.63, 3.8) is 0 Å². The largest absolute Gasteiger partial charge is 0.492 e. The molecule has 1 fully saturated rings. The van der Waals surface area contributed by atoms with Crippen LogP contribution in [-0.4, -0.2) is 44.4 Å². The Morgan fingerprint density at radius 1 is 1.12 bits per heavy atom. The van der Waals surface area contributed by atoms with Gasteiger partial charge in [-0.05, 0) is 54.2 Å². The maximum absolute atomic E-state index is 13.0. The maximum atomic E-state index is 13.0. The van der Waals surface area contributed by atoms with Crippen LogP contribution in [0.2, 0.25) is 10.0 Å². The molecule has 0 saturated carbocycles. The van der Waals surface area contributed by atoms with Gasteiger partial charge in [-0.15, -0.1) is 0 Å². The van der Waals surface area contributed by atoms with Crippen molar-refractivity contribution < 1.29 is 17.9 Å². The SMILES string of the molecule is CC(C)(C)c1ccc(OCCNC(=O)[C@@H]2CCCN2S(=O)(=O)c2ccc(Cl)c(Cl)c2)cc1. The molecule has 0 spiro atoms. The molecule has 174 valence electrons. The minimum absolute atomic E-state index is 0.0219. The molecule has 2 aromatic carbocycles. The molecule has 3 rings (SSSR count). The van der Waals surface area contributed by atoms with E-state index in [0.29, 0.717) is 12.8 Å². The van der Waals surface area contributed by atoms with Crippen LogP contribution < -0.4 is 10.1 Å². The Balaban J connectivity index is 1.56. The third kappa shape index (κ3) is 5.76. The van der Waals surface area contributed by atoms with Gasteiger partial charge < -0.3 is 10.1 Å². The number of nitrogens with zero attached hydrogens (tertiary/aromatic N) is 1. The molecule has 1 saturated heterocycles. The summed E-state index contributed by atoms with van der Waals surface area (Å²) < 4.78 is 33.0. The molecule has 1 aliphatic rings. The summed E-state index contributed by atoms with van der Waals surface area (Å²) in [5.41, 5.74) is 1.28. The van der Waals surface area contributed by atoms with Crippen molar-refractivity contribution >= 4 is 39.1 Å². The number of benzene rings is 2. The minimum atomic E-state index is -3.86. The van der Waals surface area contributed by atoms with Crippen LogP contribution in [0, 0.1) is 0 Å². The zero-order valence-corrected chi connectivity index (χ0v) is 20.7. The van der Waals surface area contributed by atoms with Crippen LogP contribution in [0.3, 0.4) is 0 Å². The van der Waals surface area contributed by atoms with Gasteiger partial charge in [0.2, 0.25) is 15.9 Å². The van der Waals surface area contributed by atoms with Crippen LogP contribution in [-0.2, 0) is 20.2 Å². The lowest BCUT2D eigenvalue weighted by molar-refractivity contribution is -0.124. The Bertz CT molecular complexity index is 1070. The second kappa shape index (κ2) is 10.00. The fraction of sp³-hybridized carbons (Fsp3) is 0.435. The molecule has 0 aromatic heterocycles. The number of halogens is 2. The van der Waals surface area contributed by atoms with Gasteiger partial charge in [0.25, 0.3) is 0 Å². The number of ether oxygens (including phenoxy) is 1. The molecule has 1 amide bonds. The zero-order chi connectivity index (χ0) is 23.5. The van der Waals surface area contributed by atoms with Crippen molar-refractivity contribution in [3.05, 3.63) is 58.1 Å². The summed E-state index contributed by atoms with van der Waals surface area (Å²) in [5, 5.41) is 3.21. The molecule has 1 aliphatic heterocycles. The van der Waals surface area contributed by atoms with Crippen LogP contribution >= 0.6 is 23.2 Å². The summed E-state index contributed by atoms with van der Waals surface area (Å²) in [4.78, 5) is 12.7. The Kier molecular flexibility index (Phi) is 7.76. The van der Waals surface area contributed by atoms with Gasteiger partial charge in [-0.2, -0.15) is 4.31 Å². The Morgan fingerprint density at radius 2 is 1.81 bits per heavy atom. The van der Waals surface area contributed by atoms with Crippen LogP contribution in [0.1, 0.15) is 39.2 Å². The predicted molar refractivity (Wildman–Crippen MR) is 127 cm³/mol. The Morgan fingerprint density at radius 3 is 2.44 bits per heavy atom. The minimum Gasteiger partial charge on any atom is -0.492 e. The van der Waals surface area contributed by atoms with E-state index in [4.69, 9.17) is 27.9 Å². The number of sulfonamides is 1. The molecular formula is C23H28Cl2N2O4S. The van der Waals surface area contributed by atoms with E-state index in [0.717, 1.165) is 5.75 Å². The molecule has 1 N–H and O–H groups in total. The summed E-state index contributed by atoms with van der Waals surface area (Å²) in [6.07, 6.45) is 1.07. The van der Waals surface area contributed by atoms with E-state index in [1.54, 1.807) is 0 Å². The standard InChI is InChI=1S/C23H28Cl2N2O4S/c1-23(2,3)16-6-8-17(9-7-16)31-14-12-26-22(28)21-5-4-13-27(21)32(29,30)18-10-11-19(24)20(25)15-18/h6-11,15,21H,4-5,12-14H2,1-3H3,(H,26,28)/t21-/m0/s1. The van der Waals surface area contributed by atoms with Gasteiger partial charge in [0, 0.05) is 6.54 Å². The van der Waals surface area contributed by atoms with E-state index in [1.807, 2.05) is 24.3 Å². The second-order valence-corrected chi connectivity index (χ2v) is 11.5. The molecule has 9 heteroatoms. The van der Waals surface area contributed by atoms with Gasteiger partial charge in [-0.25, -0.2) is 8.42 Å². The molecule has 2 aromatic rings. The van der Waals surface area contributed by atoms with Crippen molar-refractivity contribution in [1.29, 1.82) is 0 Å². The van der Waals surface area contributed by atoms with Crippen molar-refractivity contribution in [1.82, 2.24) is 9.62 Å². The van der Waals surface area contributed by atoms with E-state index >= 15 is 0 Å². The first-order valence-corrected chi connectivity index (χ1v) is 12.7. The number of hydrogen-bond acceptors (Lipinski definition) is 4. The molecule has 1 heterocycles. The lowest BCUT2D eigenvalue weighted by Crippen LogP contribution is -2.46. The van der Waals surface area contributed by atoms with Crippen LogP contribution in [0.15, 0.2) is 47.4 Å². The zero-order valence-electron chi connectivity index (χ0n) is 18.4. The maximum Gasteiger partial charge on any atom is 0.243 e. The monoisotopic (exact) mass is 498 g/mol. The summed E-state index contributed by atoms with van der Waals surface area (Å²) in [6.45, 7) is 7.27. The van der Waals surface area contributed by atoms with E-state index in [1.165, 1.54) is 28.1 Å². The highest BCUT2D eigenvalue weighted by Gasteiger charge is 2.39. The fourth-order valence-corrected chi connectivity index (χ4v) is 5.62. The second-order valence-electron chi connectivity index (χ2n) is 8.76. The lowest BCUT2D eigenvalue weighted by atomic mass is 9.87. The van der Waals surface area contributed by atoms with Gasteiger partial charge in [0.15, 0.2) is 0 Å². The number of carbonyl (C=O) groups is 1. The van der Waals surface area contributed by atoms with E-state index in [2.05, 4.69) is 26.1 Å². The smallest absolute Gasteiger partial charge is 0.243 e. The number of carbonyl (C=O) groups excluding carboxylic acids is 1. The van der Waals surface area contributed by atoms with E-state index < -0.39 is 16.1 Å². The van der Waals surface area contributed by atoms with Gasteiger partial charge >= 0.3 is 0 Å². The average Bonchev–Trinajstić information content (AvgIpc) is 3.23. The van der Waals surface area contributed by atoms with Crippen molar-refractivity contribution in [2.45, 2.75) is 50.0 Å². The molecule has 32 heavy (non-hydrogen) atoms. The van der Waals surface area contributed by atoms with Crippen LogP contribution in [0.5, 0.6) is 5.75 Å². The highest BCUT2D eigenvalue weighted by Crippen LogP contribution is 2.30. The lowest BCUT2D eigenvalue weighted by Gasteiger charge is -2.23. The number of rotatable bonds is 7. The summed E-state index contributed by atoms with van der Waals surface area (Å²) in [6, 6.07) is 11.3. The summed E-state index contributed by atoms with van der Waals surface area (Å²) >= 11 is 11.9. The predicted octanol–water partition coefficient (Wildman–Crippen LogP) is 4.64. The highest BCUT2D eigenvalue weighted by atomic mass is 35.5. The molecule has 0 aliphatic carbocycles. The number of amides is 1. The van der Waals surface area contributed by atoms with Crippen molar-refractivity contribution in [3.8, 4) is 5.75 Å². The van der Waals surface area contributed by atoms with Gasteiger partial charge in [0.1, 0.15) is 18.4 Å². The van der Waals surface area contributed by atoms with Crippen LogP contribution in [0.4, 0.5) is 0 Å².